The van der Waals surface area contributed by atoms with Gasteiger partial charge < -0.3 is 15.6 Å². The van der Waals surface area contributed by atoms with Gasteiger partial charge in [0.25, 0.3) is 0 Å². The number of nitrogens with one attached hydrogen (secondary N) is 1. The van der Waals surface area contributed by atoms with Gasteiger partial charge in [0, 0.05) is 6.07 Å². The zero-order valence-electron chi connectivity index (χ0n) is 8.36. The van der Waals surface area contributed by atoms with Gasteiger partial charge in [0.05, 0.1) is 6.04 Å². The lowest BCUT2D eigenvalue weighted by Gasteiger charge is -2.16. The predicted molar refractivity (Wildman–Crippen MR) is 52.6 cm³/mol. The topological polar surface area (TPSA) is 81.2 Å². The normalized spacial score (nSPS) is 14.8. The molecule has 5 nitrogen and oxygen atoms in total. The molecule has 0 saturated heterocycles. The first-order valence-corrected chi connectivity index (χ1v) is 4.62. The van der Waals surface area contributed by atoms with Crippen LogP contribution in [0.1, 0.15) is 20.3 Å². The van der Waals surface area contributed by atoms with E-state index in [0.717, 1.165) is 6.42 Å². The fraction of sp³-hybridized carbons (Fsp3) is 0.556. The molecule has 0 aliphatic carbocycles. The Morgan fingerprint density at radius 3 is 3.00 bits per heavy atom. The Labute approximate surface area is 82.6 Å². The van der Waals surface area contributed by atoms with Crippen molar-refractivity contribution in [2.75, 3.05) is 5.32 Å². The SMILES string of the molecule is CC[C@H](C)[C@H](N)C(=O)Nc1ccon1. The molecule has 0 saturated carbocycles. The van der Waals surface area contributed by atoms with Crippen LogP contribution in [0, 0.1) is 5.92 Å². The Hall–Kier alpha value is -1.36. The second kappa shape index (κ2) is 4.76. The molecular formula is C9H15N3O2. The van der Waals surface area contributed by atoms with Crippen LogP contribution in [0.3, 0.4) is 0 Å². The molecule has 1 aromatic heterocycles. The van der Waals surface area contributed by atoms with Crippen LogP contribution in [0.25, 0.3) is 0 Å². The first kappa shape index (κ1) is 10.7. The Morgan fingerprint density at radius 2 is 2.50 bits per heavy atom. The molecule has 3 N–H and O–H groups in total. The van der Waals surface area contributed by atoms with Crippen molar-refractivity contribution in [2.24, 2.45) is 11.7 Å². The van der Waals surface area contributed by atoms with Gasteiger partial charge in [0.2, 0.25) is 5.91 Å². The third-order valence-electron chi connectivity index (χ3n) is 2.25. The maximum absolute atomic E-state index is 11.5. The van der Waals surface area contributed by atoms with Crippen molar-refractivity contribution >= 4 is 11.7 Å². The van der Waals surface area contributed by atoms with Gasteiger partial charge in [-0.25, -0.2) is 0 Å². The van der Waals surface area contributed by atoms with Gasteiger partial charge in [-0.15, -0.1) is 0 Å². The fourth-order valence-corrected chi connectivity index (χ4v) is 0.999. The monoisotopic (exact) mass is 197 g/mol. The molecule has 78 valence electrons. The standard InChI is InChI=1S/C9H15N3O2/c1-3-6(2)8(10)9(13)11-7-4-5-14-12-7/h4-6,8H,3,10H2,1-2H3,(H,11,12,13)/t6-,8-/m0/s1. The lowest BCUT2D eigenvalue weighted by molar-refractivity contribution is -0.118. The summed E-state index contributed by atoms with van der Waals surface area (Å²) in [7, 11) is 0. The van der Waals surface area contributed by atoms with Gasteiger partial charge in [-0.05, 0) is 5.92 Å². The predicted octanol–water partition coefficient (Wildman–Crippen LogP) is 0.987. The Balaban J connectivity index is 2.50. The maximum atomic E-state index is 11.5. The third kappa shape index (κ3) is 2.56. The highest BCUT2D eigenvalue weighted by atomic mass is 16.5. The van der Waals surface area contributed by atoms with E-state index in [-0.39, 0.29) is 11.8 Å². The summed E-state index contributed by atoms with van der Waals surface area (Å²) in [5.74, 6) is 0.323. The van der Waals surface area contributed by atoms with Gasteiger partial charge in [-0.3, -0.25) is 4.79 Å². The number of hydrogen-bond donors (Lipinski definition) is 2. The molecule has 0 spiro atoms. The summed E-state index contributed by atoms with van der Waals surface area (Å²) < 4.78 is 4.58. The molecule has 0 aliphatic rings. The summed E-state index contributed by atoms with van der Waals surface area (Å²) in [6.07, 6.45) is 2.26. The lowest BCUT2D eigenvalue weighted by atomic mass is 9.99. The molecular weight excluding hydrogens is 182 g/mol. The lowest BCUT2D eigenvalue weighted by Crippen LogP contribution is -2.40. The quantitative estimate of drug-likeness (QED) is 0.754. The molecule has 0 aromatic carbocycles. The van der Waals surface area contributed by atoms with E-state index in [4.69, 9.17) is 5.73 Å². The molecule has 2 atom stereocenters. The van der Waals surface area contributed by atoms with Gasteiger partial charge in [0.15, 0.2) is 5.82 Å². The van der Waals surface area contributed by atoms with Crippen molar-refractivity contribution in [1.29, 1.82) is 0 Å². The van der Waals surface area contributed by atoms with Crippen LogP contribution in [-0.4, -0.2) is 17.1 Å². The number of nitrogens with zero attached hydrogens (tertiary/aromatic N) is 1. The summed E-state index contributed by atoms with van der Waals surface area (Å²) in [4.78, 5) is 11.5. The summed E-state index contributed by atoms with van der Waals surface area (Å²) in [6.45, 7) is 3.93. The van der Waals surface area contributed by atoms with Crippen molar-refractivity contribution in [2.45, 2.75) is 26.3 Å². The highest BCUT2D eigenvalue weighted by Gasteiger charge is 2.19. The van der Waals surface area contributed by atoms with E-state index in [1.54, 1.807) is 6.07 Å². The zero-order valence-corrected chi connectivity index (χ0v) is 8.36. The van der Waals surface area contributed by atoms with Crippen molar-refractivity contribution in [1.82, 2.24) is 5.16 Å². The largest absolute Gasteiger partial charge is 0.363 e. The van der Waals surface area contributed by atoms with Crippen LogP contribution < -0.4 is 11.1 Å². The molecule has 0 fully saturated rings. The summed E-state index contributed by atoms with van der Waals surface area (Å²) >= 11 is 0. The number of rotatable bonds is 4. The molecule has 5 heteroatoms. The molecule has 0 unspecified atom stereocenters. The van der Waals surface area contributed by atoms with Gasteiger partial charge in [-0.2, -0.15) is 0 Å². The van der Waals surface area contributed by atoms with Crippen molar-refractivity contribution < 1.29 is 9.32 Å². The molecule has 1 heterocycles. The first-order chi connectivity index (χ1) is 6.65. The van der Waals surface area contributed by atoms with Crippen LogP contribution in [0.15, 0.2) is 16.9 Å². The molecule has 0 bridgehead atoms. The minimum atomic E-state index is -0.503. The van der Waals surface area contributed by atoms with Gasteiger partial charge in [-0.1, -0.05) is 25.4 Å². The third-order valence-corrected chi connectivity index (χ3v) is 2.25. The molecule has 0 radical (unpaired) electrons. The highest BCUT2D eigenvalue weighted by Crippen LogP contribution is 2.08. The molecule has 1 amide bonds. The van der Waals surface area contributed by atoms with Crippen LogP contribution in [-0.2, 0) is 4.79 Å². The van der Waals surface area contributed by atoms with Crippen molar-refractivity contribution in [3.05, 3.63) is 12.3 Å². The van der Waals surface area contributed by atoms with Crippen molar-refractivity contribution in [3.63, 3.8) is 0 Å². The summed E-state index contributed by atoms with van der Waals surface area (Å²) in [6, 6.07) is 1.07. The summed E-state index contributed by atoms with van der Waals surface area (Å²) in [5.41, 5.74) is 5.72. The smallest absolute Gasteiger partial charge is 0.242 e. The number of hydrogen-bond acceptors (Lipinski definition) is 4. The number of nitrogens with two attached hydrogens (primary N) is 1. The molecule has 0 aliphatic heterocycles. The van der Waals surface area contributed by atoms with Crippen LogP contribution in [0.4, 0.5) is 5.82 Å². The number of aromatic nitrogens is 1. The minimum absolute atomic E-state index is 0.155. The second-order valence-corrected chi connectivity index (χ2v) is 3.29. The number of amides is 1. The van der Waals surface area contributed by atoms with Gasteiger partial charge >= 0.3 is 0 Å². The van der Waals surface area contributed by atoms with Crippen molar-refractivity contribution in [3.8, 4) is 0 Å². The second-order valence-electron chi connectivity index (χ2n) is 3.29. The summed E-state index contributed by atoms with van der Waals surface area (Å²) in [5, 5.41) is 6.13. The molecule has 1 rings (SSSR count). The van der Waals surface area contributed by atoms with E-state index in [2.05, 4.69) is 15.0 Å². The number of carbonyl (C=O) groups is 1. The average Bonchev–Trinajstić information content (AvgIpc) is 2.68. The van der Waals surface area contributed by atoms with E-state index in [0.29, 0.717) is 5.82 Å². The Bertz CT molecular complexity index is 284. The highest BCUT2D eigenvalue weighted by molar-refractivity contribution is 5.93. The number of anilines is 1. The van der Waals surface area contributed by atoms with Crippen LogP contribution >= 0.6 is 0 Å². The molecule has 1 aromatic rings. The van der Waals surface area contributed by atoms with E-state index < -0.39 is 6.04 Å². The minimum Gasteiger partial charge on any atom is -0.363 e. The Morgan fingerprint density at radius 1 is 1.79 bits per heavy atom. The van der Waals surface area contributed by atoms with Crippen LogP contribution in [0.5, 0.6) is 0 Å². The zero-order chi connectivity index (χ0) is 10.6. The van der Waals surface area contributed by atoms with E-state index in [9.17, 15) is 4.79 Å². The van der Waals surface area contributed by atoms with E-state index >= 15 is 0 Å². The maximum Gasteiger partial charge on any atom is 0.242 e. The van der Waals surface area contributed by atoms with E-state index in [1.165, 1.54) is 6.26 Å². The van der Waals surface area contributed by atoms with Crippen LogP contribution in [0.2, 0.25) is 0 Å². The van der Waals surface area contributed by atoms with E-state index in [1.807, 2.05) is 13.8 Å². The van der Waals surface area contributed by atoms with Gasteiger partial charge in [0.1, 0.15) is 6.26 Å². The first-order valence-electron chi connectivity index (χ1n) is 4.62. The Kier molecular flexibility index (Phi) is 3.64. The number of carbonyl (C=O) groups excluding carboxylic acids is 1. The molecule has 14 heavy (non-hydrogen) atoms. The average molecular weight is 197 g/mol. The fourth-order valence-electron chi connectivity index (χ4n) is 0.999.